The summed E-state index contributed by atoms with van der Waals surface area (Å²) >= 11 is 0. The van der Waals surface area contributed by atoms with Crippen LogP contribution in [0.2, 0.25) is 0 Å². The lowest BCUT2D eigenvalue weighted by molar-refractivity contribution is -0.386. The molecule has 8 aliphatic rings. The van der Waals surface area contributed by atoms with Crippen LogP contribution in [0.4, 0.5) is 0 Å². The van der Waals surface area contributed by atoms with Crippen molar-refractivity contribution < 1.29 is 114 Å². The van der Waals surface area contributed by atoms with Crippen LogP contribution >= 0.6 is 0 Å². The molecule has 23 nitrogen and oxygen atoms in total. The fourth-order valence-electron chi connectivity index (χ4n) is 16.7. The smallest absolute Gasteiger partial charge is 0.338 e. The fourth-order valence-corrected chi connectivity index (χ4v) is 16.7. The number of carbonyl (C=O) groups excluding carboxylic acids is 2. The van der Waals surface area contributed by atoms with E-state index in [1.807, 2.05) is 34.6 Å². The lowest BCUT2D eigenvalue weighted by atomic mass is 9.32. The van der Waals surface area contributed by atoms with Crippen LogP contribution in [0.3, 0.4) is 0 Å². The quantitative estimate of drug-likeness (QED) is 0.0525. The van der Waals surface area contributed by atoms with Crippen molar-refractivity contribution in [2.24, 2.45) is 50.2 Å². The van der Waals surface area contributed by atoms with E-state index in [4.69, 9.17) is 37.9 Å². The molecule has 7 fully saturated rings. The molecule has 9 rings (SSSR count). The Hall–Kier alpha value is -3.57. The molecular formula is C59H86O23. The molecule has 1 aromatic rings. The Morgan fingerprint density at radius 1 is 0.671 bits per heavy atom. The number of aliphatic hydroxyl groups is 11. The second kappa shape index (κ2) is 22.9. The van der Waals surface area contributed by atoms with Crippen LogP contribution in [-0.2, 0) is 47.5 Å². The van der Waals surface area contributed by atoms with Crippen molar-refractivity contribution in [2.45, 2.75) is 217 Å². The summed E-state index contributed by atoms with van der Waals surface area (Å²) in [6.45, 7) is 15.1. The van der Waals surface area contributed by atoms with Gasteiger partial charge in [0.1, 0.15) is 67.1 Å². The molecule has 0 radical (unpaired) electrons. The van der Waals surface area contributed by atoms with Gasteiger partial charge in [0.05, 0.1) is 49.1 Å². The second-order valence-electron chi connectivity index (χ2n) is 26.4. The number of ether oxygens (including phenoxy) is 8. The van der Waals surface area contributed by atoms with E-state index in [9.17, 15) is 75.7 Å². The normalized spacial score (nSPS) is 47.9. The van der Waals surface area contributed by atoms with Crippen molar-refractivity contribution in [3.05, 3.63) is 59.2 Å². The number of carboxylic acids is 1. The van der Waals surface area contributed by atoms with Gasteiger partial charge in [0, 0.05) is 16.4 Å². The zero-order valence-electron chi connectivity index (χ0n) is 48.0. The average molecular weight is 1160 g/mol. The molecule has 3 aliphatic heterocycles. The number of benzene rings is 1. The molecule has 8 unspecified atom stereocenters. The number of allylic oxidation sites excluding steroid dienone is 2. The number of carboxylic acid groups (broad SMARTS) is 1. The van der Waals surface area contributed by atoms with Gasteiger partial charge in [-0.1, -0.05) is 84.4 Å². The van der Waals surface area contributed by atoms with Crippen LogP contribution < -0.4 is 0 Å². The van der Waals surface area contributed by atoms with E-state index in [-0.39, 0.29) is 23.8 Å². The summed E-state index contributed by atoms with van der Waals surface area (Å²) in [6, 6.07) is 8.24. The van der Waals surface area contributed by atoms with Gasteiger partial charge in [-0.15, -0.1) is 0 Å². The minimum absolute atomic E-state index is 0.162. The molecule has 26 atom stereocenters. The Balaban J connectivity index is 1.05. The zero-order chi connectivity index (χ0) is 60.1. The fraction of sp³-hybridized carbons (Fsp3) is 0.780. The van der Waals surface area contributed by atoms with Crippen molar-refractivity contribution in [3.8, 4) is 0 Å². The van der Waals surface area contributed by atoms with E-state index in [2.05, 4.69) is 19.9 Å². The third-order valence-corrected chi connectivity index (χ3v) is 21.6. The highest BCUT2D eigenvalue weighted by molar-refractivity contribution is 5.90. The molecule has 0 spiro atoms. The van der Waals surface area contributed by atoms with Crippen molar-refractivity contribution in [1.82, 2.24) is 0 Å². The molecule has 5 aliphatic carbocycles. The van der Waals surface area contributed by atoms with Crippen molar-refractivity contribution >= 4 is 17.9 Å². The van der Waals surface area contributed by atoms with E-state index < -0.39 is 193 Å². The highest BCUT2D eigenvalue weighted by atomic mass is 16.8. The molecule has 3 saturated heterocycles. The van der Waals surface area contributed by atoms with E-state index in [0.29, 0.717) is 37.7 Å². The maximum absolute atomic E-state index is 14.2. The maximum atomic E-state index is 14.2. The second-order valence-corrected chi connectivity index (χ2v) is 26.4. The monoisotopic (exact) mass is 1160 g/mol. The van der Waals surface area contributed by atoms with Gasteiger partial charge in [0.2, 0.25) is 0 Å². The first kappa shape index (κ1) is 62.9. The van der Waals surface area contributed by atoms with Crippen LogP contribution in [0.25, 0.3) is 0 Å². The number of hydrogen-bond donors (Lipinski definition) is 12. The molecular weight excluding hydrogens is 1080 g/mol. The molecule has 0 bridgehead atoms. The van der Waals surface area contributed by atoms with Gasteiger partial charge in [0.25, 0.3) is 0 Å². The van der Waals surface area contributed by atoms with Gasteiger partial charge in [-0.05, 0) is 98.5 Å². The predicted octanol–water partition coefficient (Wildman–Crippen LogP) is 0.610. The van der Waals surface area contributed by atoms with Crippen LogP contribution in [0.5, 0.6) is 0 Å². The van der Waals surface area contributed by atoms with Crippen LogP contribution in [0, 0.1) is 50.2 Å². The Labute approximate surface area is 476 Å². The largest absolute Gasteiger partial charge is 0.479 e. The lowest BCUT2D eigenvalue weighted by Crippen LogP contribution is -2.76. The Morgan fingerprint density at radius 3 is 1.85 bits per heavy atom. The van der Waals surface area contributed by atoms with Crippen molar-refractivity contribution in [3.63, 3.8) is 0 Å². The van der Waals surface area contributed by atoms with Gasteiger partial charge >= 0.3 is 17.9 Å². The summed E-state index contributed by atoms with van der Waals surface area (Å²) in [5.41, 5.74) is -4.56. The molecule has 4 saturated carbocycles. The minimum atomic E-state index is -2.13. The summed E-state index contributed by atoms with van der Waals surface area (Å²) in [7, 11) is 0. The number of hydrogen-bond acceptors (Lipinski definition) is 22. The van der Waals surface area contributed by atoms with Gasteiger partial charge in [-0.2, -0.15) is 0 Å². The van der Waals surface area contributed by atoms with E-state index >= 15 is 0 Å². The topological polar surface area (TPSA) is 368 Å². The molecule has 23 heteroatoms. The number of carbonyl (C=O) groups is 3. The molecule has 0 amide bonds. The molecule has 0 aromatic heterocycles. The standard InChI is InChI=1S/C59H86O23/c1-10-26(2)49(73)81-46-47(82-50(74)27-14-12-11-13-15-27)59(25-62)29(22-54(46,3)4)28-16-17-33-56(7)20-19-34(55(5,6)32(56)18-21-57(33,8)58(28,9)44(69)45(59)70)77-53-43(80-52-39(67)37(65)35(63)30(23-60)75-52)41(40(68)42(79-53)48(71)72)78-51-38(66)36(64)31(24-61)76-51/h10-16,29-47,51-53,60-70H,17-25H2,1-9H3,(H,71,72)/b26-10-/t29?,30?,31-,32?,33?,34-,35-,36+,37+,38?,39?,40-,41+,42?,43?,44-,45+,46-,47-,51-,52-,53+,56-,57+,58-,59-/m0/s1. The first-order valence-corrected chi connectivity index (χ1v) is 28.7. The van der Waals surface area contributed by atoms with E-state index in [1.165, 1.54) is 0 Å². The summed E-state index contributed by atoms with van der Waals surface area (Å²) in [5, 5.41) is 134. The number of aliphatic carboxylic acids is 1. The molecule has 82 heavy (non-hydrogen) atoms. The Morgan fingerprint density at radius 2 is 1.27 bits per heavy atom. The first-order valence-electron chi connectivity index (χ1n) is 28.7. The number of aliphatic hydroxyl groups excluding tert-OH is 11. The van der Waals surface area contributed by atoms with Crippen LogP contribution in [-0.4, -0.2) is 216 Å². The lowest BCUT2D eigenvalue weighted by Gasteiger charge is -2.73. The predicted molar refractivity (Wildman–Crippen MR) is 283 cm³/mol. The van der Waals surface area contributed by atoms with Gasteiger partial charge in [-0.25, -0.2) is 14.4 Å². The highest BCUT2D eigenvalue weighted by Gasteiger charge is 2.76. The summed E-state index contributed by atoms with van der Waals surface area (Å²) in [4.78, 5) is 40.8. The van der Waals surface area contributed by atoms with Crippen LogP contribution in [0.15, 0.2) is 53.6 Å². The van der Waals surface area contributed by atoms with E-state index in [1.54, 1.807) is 50.3 Å². The average Bonchev–Trinajstić information content (AvgIpc) is 1.95. The first-order chi connectivity index (χ1) is 38.5. The number of esters is 2. The third kappa shape index (κ3) is 9.82. The molecule has 3 heterocycles. The number of fused-ring (bicyclic) bond motifs is 7. The van der Waals surface area contributed by atoms with Gasteiger partial charge in [-0.3, -0.25) is 0 Å². The highest BCUT2D eigenvalue weighted by Crippen LogP contribution is 2.76. The maximum Gasteiger partial charge on any atom is 0.338 e. The Kier molecular flexibility index (Phi) is 17.6. The minimum Gasteiger partial charge on any atom is -0.479 e. The number of rotatable bonds is 14. The molecule has 1 aromatic carbocycles. The van der Waals surface area contributed by atoms with Gasteiger partial charge < -0.3 is 99.2 Å². The summed E-state index contributed by atoms with van der Waals surface area (Å²) in [5.74, 6) is -4.09. The van der Waals surface area contributed by atoms with Crippen LogP contribution in [0.1, 0.15) is 111 Å². The van der Waals surface area contributed by atoms with Crippen molar-refractivity contribution in [1.29, 1.82) is 0 Å². The summed E-state index contributed by atoms with van der Waals surface area (Å²) in [6.07, 6.45) is -25.7. The van der Waals surface area contributed by atoms with Gasteiger partial charge in [0.15, 0.2) is 31.1 Å². The van der Waals surface area contributed by atoms with E-state index in [0.717, 1.165) is 5.57 Å². The SMILES string of the molecule is C/C=C(/C)C(=O)O[C@H]1[C@H](OC(=O)c2ccccc2)[C@@]2(CO)C(CC1(C)C)C1=CCC3[C@@]4(C)CC[C@H](O[C@@H]5OC(C(=O)O)[C@@H](O)[C@@H](O[C@@H]6O[C@@H](CO)[C@@H](O)C6O)C5O[C@@H]5OC(CO)[C@H](O)[C@@H](O)C5O)C(C)(C)C4CC[C@@]3(C)[C@]1(C)[C@@H](O)[C@H]2O. The molecule has 460 valence electrons. The zero-order valence-corrected chi connectivity index (χ0v) is 48.0. The van der Waals surface area contributed by atoms with Crippen molar-refractivity contribution in [2.75, 3.05) is 19.8 Å². The Bertz CT molecular complexity index is 2560. The summed E-state index contributed by atoms with van der Waals surface area (Å²) < 4.78 is 49.2. The third-order valence-electron chi connectivity index (χ3n) is 21.6. The molecule has 12 N–H and O–H groups in total.